The number of aryl methyl sites for hydroxylation is 1. The lowest BCUT2D eigenvalue weighted by Gasteiger charge is -2.05. The third-order valence-electron chi connectivity index (χ3n) is 2.48. The van der Waals surface area contributed by atoms with Gasteiger partial charge in [0.15, 0.2) is 5.69 Å². The third kappa shape index (κ3) is 3.77. The number of carbonyl (C=O) groups is 1. The van der Waals surface area contributed by atoms with Gasteiger partial charge in [0.25, 0.3) is 0 Å². The summed E-state index contributed by atoms with van der Waals surface area (Å²) in [5.41, 5.74) is 0.199. The molecule has 7 heteroatoms. The second kappa shape index (κ2) is 6.48. The Morgan fingerprint density at radius 2 is 2.32 bits per heavy atom. The fraction of sp³-hybridized carbons (Fsp3) is 0.333. The molecule has 0 fully saturated rings. The monoisotopic (exact) mass is 261 g/mol. The molecular weight excluding hydrogens is 246 g/mol. The minimum Gasteiger partial charge on any atom is -0.464 e. The molecule has 1 N–H and O–H groups in total. The molecule has 0 radical (unpaired) electrons. The van der Waals surface area contributed by atoms with Gasteiger partial charge in [-0.2, -0.15) is 5.10 Å². The Hall–Kier alpha value is -2.44. The van der Waals surface area contributed by atoms with E-state index >= 15 is 0 Å². The van der Waals surface area contributed by atoms with Gasteiger partial charge in [-0.1, -0.05) is 0 Å². The van der Waals surface area contributed by atoms with Crippen LogP contribution in [0.5, 0.6) is 0 Å². The summed E-state index contributed by atoms with van der Waals surface area (Å²) >= 11 is 0. The van der Waals surface area contributed by atoms with Gasteiger partial charge in [0, 0.05) is 25.5 Å². The predicted octanol–water partition coefficient (Wildman–Crippen LogP) is 0.962. The van der Waals surface area contributed by atoms with E-state index in [2.05, 4.69) is 25.1 Å². The van der Waals surface area contributed by atoms with E-state index in [0.717, 1.165) is 19.5 Å². The summed E-state index contributed by atoms with van der Waals surface area (Å²) in [4.78, 5) is 19.2. The van der Waals surface area contributed by atoms with Gasteiger partial charge in [0.2, 0.25) is 0 Å². The summed E-state index contributed by atoms with van der Waals surface area (Å²) in [5, 5.41) is 7.24. The number of anilines is 1. The maximum Gasteiger partial charge on any atom is 0.358 e. The van der Waals surface area contributed by atoms with Crippen molar-refractivity contribution in [3.8, 4) is 0 Å². The van der Waals surface area contributed by atoms with Crippen LogP contribution in [0.3, 0.4) is 0 Å². The van der Waals surface area contributed by atoms with E-state index < -0.39 is 5.97 Å². The molecule has 0 bridgehead atoms. The van der Waals surface area contributed by atoms with Crippen LogP contribution in [0.4, 0.5) is 5.82 Å². The standard InChI is InChI=1S/C12H15N5O2/c1-19-12(18)10-8-15-11(9-14-10)13-4-2-6-17-7-3-5-16-17/h3,5,7-9H,2,4,6H2,1H3,(H,13,15). The number of nitrogens with zero attached hydrogens (tertiary/aromatic N) is 4. The first kappa shape index (κ1) is 13.0. The number of hydrogen-bond donors (Lipinski definition) is 1. The van der Waals surface area contributed by atoms with Crippen LogP contribution in [0.1, 0.15) is 16.9 Å². The molecule has 0 atom stereocenters. The number of esters is 1. The van der Waals surface area contributed by atoms with E-state index in [9.17, 15) is 4.79 Å². The minimum absolute atomic E-state index is 0.199. The van der Waals surface area contributed by atoms with Crippen LogP contribution < -0.4 is 5.32 Å². The summed E-state index contributed by atoms with van der Waals surface area (Å²) in [6.07, 6.45) is 7.50. The van der Waals surface area contributed by atoms with E-state index in [0.29, 0.717) is 5.82 Å². The van der Waals surface area contributed by atoms with Crippen molar-refractivity contribution in [3.63, 3.8) is 0 Å². The van der Waals surface area contributed by atoms with Gasteiger partial charge < -0.3 is 10.1 Å². The molecule has 0 aromatic carbocycles. The third-order valence-corrected chi connectivity index (χ3v) is 2.48. The molecule has 19 heavy (non-hydrogen) atoms. The Morgan fingerprint density at radius 3 is 2.95 bits per heavy atom. The quantitative estimate of drug-likeness (QED) is 0.616. The van der Waals surface area contributed by atoms with Crippen molar-refractivity contribution in [2.45, 2.75) is 13.0 Å². The number of aromatic nitrogens is 4. The van der Waals surface area contributed by atoms with Crippen LogP contribution in [-0.2, 0) is 11.3 Å². The fourth-order valence-corrected chi connectivity index (χ4v) is 1.52. The normalized spacial score (nSPS) is 10.2. The SMILES string of the molecule is COC(=O)c1cnc(NCCCn2cccn2)cn1. The topological polar surface area (TPSA) is 81.9 Å². The number of rotatable bonds is 6. The Labute approximate surface area is 110 Å². The first-order chi connectivity index (χ1) is 9.29. The highest BCUT2D eigenvalue weighted by Crippen LogP contribution is 2.02. The predicted molar refractivity (Wildman–Crippen MR) is 68.7 cm³/mol. The van der Waals surface area contributed by atoms with Crippen molar-refractivity contribution in [3.05, 3.63) is 36.5 Å². The van der Waals surface area contributed by atoms with E-state index in [1.807, 2.05) is 16.9 Å². The first-order valence-electron chi connectivity index (χ1n) is 5.91. The van der Waals surface area contributed by atoms with Gasteiger partial charge in [-0.25, -0.2) is 14.8 Å². The van der Waals surface area contributed by atoms with Gasteiger partial charge >= 0.3 is 5.97 Å². The number of methoxy groups -OCH3 is 1. The molecule has 2 rings (SSSR count). The van der Waals surface area contributed by atoms with Crippen LogP contribution in [0.2, 0.25) is 0 Å². The minimum atomic E-state index is -0.488. The Balaban J connectivity index is 1.75. The van der Waals surface area contributed by atoms with E-state index in [-0.39, 0.29) is 5.69 Å². The molecule has 2 heterocycles. The van der Waals surface area contributed by atoms with Crippen LogP contribution in [0.25, 0.3) is 0 Å². The summed E-state index contributed by atoms with van der Waals surface area (Å²) in [5.74, 6) is 0.144. The molecule has 0 aliphatic carbocycles. The van der Waals surface area contributed by atoms with Gasteiger partial charge in [-0.15, -0.1) is 0 Å². The fourth-order valence-electron chi connectivity index (χ4n) is 1.52. The summed E-state index contributed by atoms with van der Waals surface area (Å²) < 4.78 is 6.41. The van der Waals surface area contributed by atoms with Crippen LogP contribution in [-0.4, -0.2) is 39.4 Å². The van der Waals surface area contributed by atoms with Gasteiger partial charge in [0.05, 0.1) is 19.5 Å². The second-order valence-electron chi connectivity index (χ2n) is 3.83. The summed E-state index contributed by atoms with van der Waals surface area (Å²) in [7, 11) is 1.31. The zero-order chi connectivity index (χ0) is 13.5. The van der Waals surface area contributed by atoms with Crippen LogP contribution >= 0.6 is 0 Å². The van der Waals surface area contributed by atoms with Crippen molar-refractivity contribution in [1.29, 1.82) is 0 Å². The highest BCUT2D eigenvalue weighted by molar-refractivity contribution is 5.86. The smallest absolute Gasteiger partial charge is 0.358 e. The van der Waals surface area contributed by atoms with Gasteiger partial charge in [-0.05, 0) is 12.5 Å². The van der Waals surface area contributed by atoms with Crippen molar-refractivity contribution in [2.75, 3.05) is 19.0 Å². The molecule has 2 aromatic heterocycles. The van der Waals surface area contributed by atoms with Crippen molar-refractivity contribution < 1.29 is 9.53 Å². The zero-order valence-corrected chi connectivity index (χ0v) is 10.6. The van der Waals surface area contributed by atoms with E-state index in [1.54, 1.807) is 6.20 Å². The van der Waals surface area contributed by atoms with Crippen molar-refractivity contribution >= 4 is 11.8 Å². The largest absolute Gasteiger partial charge is 0.464 e. The maximum absolute atomic E-state index is 11.2. The number of carbonyl (C=O) groups excluding carboxylic acids is 1. The molecule has 0 amide bonds. The highest BCUT2D eigenvalue weighted by atomic mass is 16.5. The molecule has 0 aliphatic rings. The number of nitrogens with one attached hydrogen (secondary N) is 1. The Kier molecular flexibility index (Phi) is 4.44. The molecule has 0 saturated heterocycles. The summed E-state index contributed by atoms with van der Waals surface area (Å²) in [6, 6.07) is 1.89. The zero-order valence-electron chi connectivity index (χ0n) is 10.6. The molecule has 2 aromatic rings. The van der Waals surface area contributed by atoms with Crippen molar-refractivity contribution in [2.24, 2.45) is 0 Å². The molecule has 0 saturated carbocycles. The first-order valence-corrected chi connectivity index (χ1v) is 5.91. The lowest BCUT2D eigenvalue weighted by molar-refractivity contribution is 0.0593. The molecular formula is C12H15N5O2. The lowest BCUT2D eigenvalue weighted by atomic mass is 10.4. The summed E-state index contributed by atoms with van der Waals surface area (Å²) in [6.45, 7) is 1.60. The van der Waals surface area contributed by atoms with Crippen LogP contribution in [0, 0.1) is 0 Å². The van der Waals surface area contributed by atoms with Crippen molar-refractivity contribution in [1.82, 2.24) is 19.7 Å². The average Bonchev–Trinajstić information content (AvgIpc) is 2.96. The number of ether oxygens (including phenoxy) is 1. The molecule has 100 valence electrons. The average molecular weight is 261 g/mol. The van der Waals surface area contributed by atoms with Crippen LogP contribution in [0.15, 0.2) is 30.9 Å². The molecule has 7 nitrogen and oxygen atoms in total. The second-order valence-corrected chi connectivity index (χ2v) is 3.83. The molecule has 0 unspecified atom stereocenters. The van der Waals surface area contributed by atoms with E-state index in [1.165, 1.54) is 19.5 Å². The highest BCUT2D eigenvalue weighted by Gasteiger charge is 2.06. The molecule has 0 aliphatic heterocycles. The Morgan fingerprint density at radius 1 is 1.42 bits per heavy atom. The van der Waals surface area contributed by atoms with E-state index in [4.69, 9.17) is 0 Å². The van der Waals surface area contributed by atoms with Gasteiger partial charge in [0.1, 0.15) is 5.82 Å². The maximum atomic E-state index is 11.2. The Bertz CT molecular complexity index is 509. The van der Waals surface area contributed by atoms with Gasteiger partial charge in [-0.3, -0.25) is 4.68 Å². The lowest BCUT2D eigenvalue weighted by Crippen LogP contribution is -2.10. The molecule has 0 spiro atoms. The number of hydrogen-bond acceptors (Lipinski definition) is 6.